The number of benzene rings is 2. The van der Waals surface area contributed by atoms with E-state index in [9.17, 15) is 9.59 Å². The number of nitrogens with zero attached hydrogens (tertiary/aromatic N) is 2. The van der Waals surface area contributed by atoms with Gasteiger partial charge in [0.25, 0.3) is 5.91 Å². The van der Waals surface area contributed by atoms with E-state index in [1.807, 2.05) is 18.2 Å². The molecular weight excluding hydrogens is 422 g/mol. The topological polar surface area (TPSA) is 65.8 Å². The molecule has 0 saturated carbocycles. The van der Waals surface area contributed by atoms with Gasteiger partial charge in [0.2, 0.25) is 5.91 Å². The van der Waals surface area contributed by atoms with E-state index in [2.05, 4.69) is 5.32 Å². The van der Waals surface area contributed by atoms with Gasteiger partial charge in [-0.2, -0.15) is 0 Å². The van der Waals surface area contributed by atoms with Gasteiger partial charge in [0.15, 0.2) is 5.11 Å². The number of hydrogen-bond donors (Lipinski definition) is 1. The maximum absolute atomic E-state index is 13.3. The predicted octanol–water partition coefficient (Wildman–Crippen LogP) is 4.46. The molecule has 1 aromatic heterocycles. The first-order valence-corrected chi connectivity index (χ1v) is 10.1. The van der Waals surface area contributed by atoms with Gasteiger partial charge in [-0.15, -0.1) is 0 Å². The van der Waals surface area contributed by atoms with Crippen LogP contribution in [0.15, 0.2) is 77.4 Å². The number of rotatable bonds is 6. The number of hydrogen-bond acceptors (Lipinski definition) is 4. The standard InChI is InChI=1S/C22H18ClN3O3S/c23-15-8-10-17(11-9-15)26-21(28)19(13-20(27)24-16-5-2-1-3-6-16)25(22(26)30)14-18-7-4-12-29-18/h1-12,19H,13-14H2,(H,24,27)/t19-/m0/s1. The summed E-state index contributed by atoms with van der Waals surface area (Å²) in [4.78, 5) is 29.1. The number of furan rings is 1. The van der Waals surface area contributed by atoms with Crippen LogP contribution < -0.4 is 10.2 Å². The van der Waals surface area contributed by atoms with E-state index >= 15 is 0 Å². The van der Waals surface area contributed by atoms with Crippen molar-refractivity contribution < 1.29 is 14.0 Å². The molecule has 0 unspecified atom stereocenters. The fraction of sp³-hybridized carbons (Fsp3) is 0.136. The molecule has 4 rings (SSSR count). The summed E-state index contributed by atoms with van der Waals surface area (Å²) in [6.45, 7) is 0.283. The van der Waals surface area contributed by atoms with Gasteiger partial charge in [0.05, 0.1) is 24.9 Å². The first-order chi connectivity index (χ1) is 14.5. The highest BCUT2D eigenvalue weighted by atomic mass is 35.5. The van der Waals surface area contributed by atoms with Gasteiger partial charge in [-0.05, 0) is 60.7 Å². The first-order valence-electron chi connectivity index (χ1n) is 9.30. The smallest absolute Gasteiger partial charge is 0.256 e. The quantitative estimate of drug-likeness (QED) is 0.574. The Labute approximate surface area is 184 Å². The maximum atomic E-state index is 13.3. The molecule has 3 aromatic rings. The van der Waals surface area contributed by atoms with Crippen molar-refractivity contribution in [2.75, 3.05) is 10.2 Å². The number of thiocarbonyl (C=S) groups is 1. The Bertz CT molecular complexity index is 1060. The zero-order valence-corrected chi connectivity index (χ0v) is 17.4. The molecule has 2 aromatic carbocycles. The van der Waals surface area contributed by atoms with Gasteiger partial charge < -0.3 is 14.6 Å². The molecule has 1 fully saturated rings. The number of halogens is 1. The second-order valence-electron chi connectivity index (χ2n) is 6.77. The lowest BCUT2D eigenvalue weighted by molar-refractivity contribution is -0.124. The molecule has 1 aliphatic rings. The van der Waals surface area contributed by atoms with Crippen molar-refractivity contribution in [3.8, 4) is 0 Å². The summed E-state index contributed by atoms with van der Waals surface area (Å²) in [5.41, 5.74) is 1.27. The molecule has 1 N–H and O–H groups in total. The second-order valence-corrected chi connectivity index (χ2v) is 7.58. The SMILES string of the molecule is O=C(C[C@H]1C(=O)N(c2ccc(Cl)cc2)C(=S)N1Cc1ccco1)Nc1ccccc1. The largest absolute Gasteiger partial charge is 0.467 e. The lowest BCUT2D eigenvalue weighted by Gasteiger charge is -2.22. The van der Waals surface area contributed by atoms with Crippen LogP contribution in [0.5, 0.6) is 0 Å². The van der Waals surface area contributed by atoms with E-state index in [4.69, 9.17) is 28.2 Å². The molecule has 1 saturated heterocycles. The van der Waals surface area contributed by atoms with Gasteiger partial charge >= 0.3 is 0 Å². The number of carbonyl (C=O) groups is 2. The third-order valence-electron chi connectivity index (χ3n) is 4.75. The Hall–Kier alpha value is -3.16. The molecule has 0 spiro atoms. The number of nitrogens with one attached hydrogen (secondary N) is 1. The van der Waals surface area contributed by atoms with E-state index in [0.717, 1.165) is 0 Å². The van der Waals surface area contributed by atoms with E-state index in [1.54, 1.807) is 59.7 Å². The summed E-state index contributed by atoms with van der Waals surface area (Å²) in [5, 5.41) is 3.70. The zero-order chi connectivity index (χ0) is 21.1. The third kappa shape index (κ3) is 4.22. The van der Waals surface area contributed by atoms with Gasteiger partial charge in [-0.25, -0.2) is 0 Å². The normalized spacial score (nSPS) is 16.2. The van der Waals surface area contributed by atoms with Crippen LogP contribution in [0.2, 0.25) is 5.02 Å². The number of amides is 2. The van der Waals surface area contributed by atoms with Crippen LogP contribution >= 0.6 is 23.8 Å². The van der Waals surface area contributed by atoms with E-state index < -0.39 is 6.04 Å². The van der Waals surface area contributed by atoms with Crippen LogP contribution in [-0.4, -0.2) is 27.9 Å². The molecule has 1 aliphatic heterocycles. The summed E-state index contributed by atoms with van der Waals surface area (Å²) < 4.78 is 5.44. The predicted molar refractivity (Wildman–Crippen MR) is 119 cm³/mol. The summed E-state index contributed by atoms with van der Waals surface area (Å²) >= 11 is 11.6. The fourth-order valence-corrected chi connectivity index (χ4v) is 3.83. The summed E-state index contributed by atoms with van der Waals surface area (Å²) in [6.07, 6.45) is 1.52. The fourth-order valence-electron chi connectivity index (χ4n) is 3.32. The van der Waals surface area contributed by atoms with Crippen LogP contribution in [0.25, 0.3) is 0 Å². The molecular formula is C22H18ClN3O3S. The van der Waals surface area contributed by atoms with Gasteiger partial charge in [-0.1, -0.05) is 29.8 Å². The highest BCUT2D eigenvalue weighted by Crippen LogP contribution is 2.29. The van der Waals surface area contributed by atoms with Crippen LogP contribution in [0.1, 0.15) is 12.2 Å². The van der Waals surface area contributed by atoms with Crippen molar-refractivity contribution in [2.24, 2.45) is 0 Å². The molecule has 0 radical (unpaired) electrons. The Kier molecular flexibility index (Phi) is 5.83. The second kappa shape index (κ2) is 8.69. The number of anilines is 2. The Balaban J connectivity index is 1.59. The Morgan fingerprint density at radius 2 is 1.80 bits per heavy atom. The molecule has 0 bridgehead atoms. The maximum Gasteiger partial charge on any atom is 0.256 e. The molecule has 2 amide bonds. The van der Waals surface area contributed by atoms with Gasteiger partial charge in [-0.3, -0.25) is 14.5 Å². The van der Waals surface area contributed by atoms with E-state index in [0.29, 0.717) is 27.3 Å². The minimum absolute atomic E-state index is 0.0430. The molecule has 8 heteroatoms. The molecule has 30 heavy (non-hydrogen) atoms. The minimum atomic E-state index is -0.748. The molecule has 0 aliphatic carbocycles. The van der Waals surface area contributed by atoms with Crippen LogP contribution in [-0.2, 0) is 16.1 Å². The van der Waals surface area contributed by atoms with E-state index in [-0.39, 0.29) is 24.8 Å². The zero-order valence-electron chi connectivity index (χ0n) is 15.8. The van der Waals surface area contributed by atoms with Crippen molar-refractivity contribution in [3.63, 3.8) is 0 Å². The number of carbonyl (C=O) groups excluding carboxylic acids is 2. The van der Waals surface area contributed by atoms with Crippen molar-refractivity contribution in [1.82, 2.24) is 4.90 Å². The summed E-state index contributed by atoms with van der Waals surface area (Å²) in [6, 6.07) is 18.8. The van der Waals surface area contributed by atoms with Crippen LogP contribution in [0.3, 0.4) is 0 Å². The average molecular weight is 440 g/mol. The van der Waals surface area contributed by atoms with Crippen LogP contribution in [0, 0.1) is 0 Å². The Morgan fingerprint density at radius 3 is 2.47 bits per heavy atom. The molecule has 6 nitrogen and oxygen atoms in total. The van der Waals surface area contributed by atoms with Crippen molar-refractivity contribution >= 4 is 52.1 Å². The lowest BCUT2D eigenvalue weighted by atomic mass is 10.1. The van der Waals surface area contributed by atoms with E-state index in [1.165, 1.54) is 4.90 Å². The third-order valence-corrected chi connectivity index (χ3v) is 5.42. The van der Waals surface area contributed by atoms with Crippen molar-refractivity contribution in [2.45, 2.75) is 19.0 Å². The van der Waals surface area contributed by atoms with Gasteiger partial charge in [0.1, 0.15) is 11.8 Å². The average Bonchev–Trinajstić information content (AvgIpc) is 3.33. The lowest BCUT2D eigenvalue weighted by Crippen LogP contribution is -2.37. The molecule has 152 valence electrons. The summed E-state index contributed by atoms with van der Waals surface area (Å²) in [5.74, 6) is 0.110. The summed E-state index contributed by atoms with van der Waals surface area (Å²) in [7, 11) is 0. The first kappa shape index (κ1) is 20.1. The highest BCUT2D eigenvalue weighted by molar-refractivity contribution is 7.80. The Morgan fingerprint density at radius 1 is 1.07 bits per heavy atom. The monoisotopic (exact) mass is 439 g/mol. The van der Waals surface area contributed by atoms with Crippen molar-refractivity contribution in [1.29, 1.82) is 0 Å². The molecule has 2 heterocycles. The minimum Gasteiger partial charge on any atom is -0.467 e. The highest BCUT2D eigenvalue weighted by Gasteiger charge is 2.44. The van der Waals surface area contributed by atoms with Gasteiger partial charge in [0, 0.05) is 10.7 Å². The van der Waals surface area contributed by atoms with Crippen LogP contribution in [0.4, 0.5) is 11.4 Å². The molecule has 1 atom stereocenters. The number of para-hydroxylation sites is 1. The van der Waals surface area contributed by atoms with Crippen molar-refractivity contribution in [3.05, 3.63) is 83.8 Å².